The van der Waals surface area contributed by atoms with E-state index in [4.69, 9.17) is 4.74 Å². The lowest BCUT2D eigenvalue weighted by molar-refractivity contribution is -0.127. The molecule has 1 aromatic carbocycles. The zero-order valence-electron chi connectivity index (χ0n) is 16.6. The highest BCUT2D eigenvalue weighted by atomic mass is 16.5. The van der Waals surface area contributed by atoms with Crippen molar-refractivity contribution in [2.75, 3.05) is 53.5 Å². The van der Waals surface area contributed by atoms with E-state index in [0.29, 0.717) is 11.8 Å². The molecule has 2 aliphatic heterocycles. The smallest absolute Gasteiger partial charge is 0.243 e. The van der Waals surface area contributed by atoms with Crippen molar-refractivity contribution in [3.63, 3.8) is 0 Å². The molecule has 6 heteroatoms. The van der Waals surface area contributed by atoms with Crippen LogP contribution < -0.4 is 5.32 Å². The van der Waals surface area contributed by atoms with Gasteiger partial charge in [-0.1, -0.05) is 30.3 Å². The van der Waals surface area contributed by atoms with Crippen LogP contribution in [0, 0.1) is 11.8 Å². The van der Waals surface area contributed by atoms with E-state index in [2.05, 4.69) is 45.5 Å². The molecule has 0 saturated carbocycles. The molecule has 27 heavy (non-hydrogen) atoms. The van der Waals surface area contributed by atoms with Crippen LogP contribution in [0.5, 0.6) is 0 Å². The van der Waals surface area contributed by atoms with Crippen molar-refractivity contribution in [2.45, 2.75) is 19.3 Å². The Morgan fingerprint density at radius 1 is 1.26 bits per heavy atom. The predicted octanol–water partition coefficient (Wildman–Crippen LogP) is 1.62. The Bertz CT molecular complexity index is 626. The highest BCUT2D eigenvalue weighted by molar-refractivity contribution is 5.85. The van der Waals surface area contributed by atoms with Crippen LogP contribution in [-0.4, -0.2) is 75.2 Å². The summed E-state index contributed by atoms with van der Waals surface area (Å²) in [5.41, 5.74) is 1.39. The first-order valence-corrected chi connectivity index (χ1v) is 9.97. The summed E-state index contributed by atoms with van der Waals surface area (Å²) in [6.45, 7) is 4.68. The number of guanidine groups is 1. The van der Waals surface area contributed by atoms with Gasteiger partial charge in [0.05, 0.1) is 6.61 Å². The molecular weight excluding hydrogens is 340 g/mol. The zero-order valence-corrected chi connectivity index (χ0v) is 16.6. The van der Waals surface area contributed by atoms with Crippen LogP contribution >= 0.6 is 0 Å². The van der Waals surface area contributed by atoms with E-state index in [1.165, 1.54) is 5.56 Å². The van der Waals surface area contributed by atoms with Gasteiger partial charge in [-0.25, -0.2) is 4.99 Å². The lowest BCUT2D eigenvalue weighted by Crippen LogP contribution is -2.43. The standard InChI is InChI=1S/C21H32N4O2/c1-24(2)20(26)14-23-21(22-13-19-9-11-27-16-19)25-10-8-18(15-25)12-17-6-4-3-5-7-17/h3-7,18-19H,8-16H2,1-2H3,(H,22,23). The van der Waals surface area contributed by atoms with E-state index in [9.17, 15) is 4.79 Å². The molecule has 6 nitrogen and oxygen atoms in total. The molecule has 2 atom stereocenters. The Balaban J connectivity index is 1.59. The molecule has 148 valence electrons. The fourth-order valence-electron chi connectivity index (χ4n) is 3.67. The van der Waals surface area contributed by atoms with Gasteiger partial charge in [0.2, 0.25) is 5.91 Å². The Hall–Kier alpha value is -2.08. The second-order valence-electron chi connectivity index (χ2n) is 7.83. The van der Waals surface area contributed by atoms with Crippen molar-refractivity contribution in [3.8, 4) is 0 Å². The summed E-state index contributed by atoms with van der Waals surface area (Å²) < 4.78 is 5.47. The Labute approximate surface area is 162 Å². The van der Waals surface area contributed by atoms with Gasteiger partial charge in [0.1, 0.15) is 6.54 Å². The lowest BCUT2D eigenvalue weighted by atomic mass is 9.99. The van der Waals surface area contributed by atoms with Gasteiger partial charge in [-0.2, -0.15) is 0 Å². The number of nitrogens with one attached hydrogen (secondary N) is 1. The summed E-state index contributed by atoms with van der Waals surface area (Å²) in [4.78, 5) is 20.5. The molecule has 2 unspecified atom stereocenters. The third-order valence-electron chi connectivity index (χ3n) is 5.39. The van der Waals surface area contributed by atoms with Crippen molar-refractivity contribution in [1.82, 2.24) is 15.1 Å². The van der Waals surface area contributed by atoms with Gasteiger partial charge < -0.3 is 19.9 Å². The van der Waals surface area contributed by atoms with E-state index in [1.54, 1.807) is 19.0 Å². The highest BCUT2D eigenvalue weighted by Crippen LogP contribution is 2.21. The second-order valence-corrected chi connectivity index (χ2v) is 7.83. The average molecular weight is 373 g/mol. The summed E-state index contributed by atoms with van der Waals surface area (Å²) in [6.07, 6.45) is 3.34. The molecular formula is C21H32N4O2. The lowest BCUT2D eigenvalue weighted by Gasteiger charge is -2.23. The number of likely N-dealkylation sites (tertiary alicyclic amines) is 1. The van der Waals surface area contributed by atoms with Crippen molar-refractivity contribution >= 4 is 11.9 Å². The average Bonchev–Trinajstić information content (AvgIpc) is 3.34. The van der Waals surface area contributed by atoms with Gasteiger partial charge in [0.15, 0.2) is 5.96 Å². The van der Waals surface area contributed by atoms with Crippen molar-refractivity contribution < 1.29 is 9.53 Å². The summed E-state index contributed by atoms with van der Waals surface area (Å²) in [6, 6.07) is 10.7. The van der Waals surface area contributed by atoms with Gasteiger partial charge in [-0.3, -0.25) is 4.79 Å². The van der Waals surface area contributed by atoms with Gasteiger partial charge in [0, 0.05) is 46.3 Å². The maximum atomic E-state index is 12.0. The van der Waals surface area contributed by atoms with Crippen LogP contribution in [0.2, 0.25) is 0 Å². The largest absolute Gasteiger partial charge is 0.381 e. The molecule has 1 amide bonds. The molecule has 2 aliphatic rings. The highest BCUT2D eigenvalue weighted by Gasteiger charge is 2.26. The molecule has 1 aromatic rings. The van der Waals surface area contributed by atoms with Gasteiger partial charge >= 0.3 is 0 Å². The van der Waals surface area contributed by atoms with Gasteiger partial charge in [0.25, 0.3) is 0 Å². The number of benzene rings is 1. The number of amides is 1. The van der Waals surface area contributed by atoms with Crippen LogP contribution in [0.4, 0.5) is 0 Å². The topological polar surface area (TPSA) is 57.2 Å². The molecule has 1 N–H and O–H groups in total. The fourth-order valence-corrected chi connectivity index (χ4v) is 3.67. The molecule has 0 aliphatic carbocycles. The number of likely N-dealkylation sites (N-methyl/N-ethyl adjacent to an activating group) is 1. The van der Waals surface area contributed by atoms with Crippen molar-refractivity contribution in [3.05, 3.63) is 35.9 Å². The number of nitrogens with zero attached hydrogens (tertiary/aromatic N) is 3. The molecule has 2 fully saturated rings. The van der Waals surface area contributed by atoms with Crippen LogP contribution in [0.3, 0.4) is 0 Å². The van der Waals surface area contributed by atoms with E-state index >= 15 is 0 Å². The maximum Gasteiger partial charge on any atom is 0.243 e. The molecule has 2 heterocycles. The zero-order chi connectivity index (χ0) is 19.1. The molecule has 3 rings (SSSR count). The third kappa shape index (κ3) is 5.96. The number of hydrogen-bond donors (Lipinski definition) is 1. The van der Waals surface area contributed by atoms with Crippen molar-refractivity contribution in [1.29, 1.82) is 0 Å². The molecule has 0 radical (unpaired) electrons. The minimum Gasteiger partial charge on any atom is -0.381 e. The van der Waals surface area contributed by atoms with Crippen LogP contribution in [0.15, 0.2) is 35.3 Å². The van der Waals surface area contributed by atoms with Crippen LogP contribution in [0.1, 0.15) is 18.4 Å². The number of rotatable bonds is 6. The number of aliphatic imine (C=N–C) groups is 1. The molecule has 2 saturated heterocycles. The normalized spacial score (nSPS) is 22.9. The monoisotopic (exact) mass is 372 g/mol. The molecule has 0 aromatic heterocycles. The Kier molecular flexibility index (Phi) is 7.10. The minimum absolute atomic E-state index is 0.0264. The van der Waals surface area contributed by atoms with E-state index < -0.39 is 0 Å². The first-order valence-electron chi connectivity index (χ1n) is 9.97. The minimum atomic E-state index is 0.0264. The number of carbonyl (C=O) groups is 1. The van der Waals surface area contributed by atoms with E-state index in [1.807, 2.05) is 0 Å². The summed E-state index contributed by atoms with van der Waals surface area (Å²) >= 11 is 0. The summed E-state index contributed by atoms with van der Waals surface area (Å²) in [5.74, 6) is 2.05. The van der Waals surface area contributed by atoms with Gasteiger partial charge in [-0.05, 0) is 30.7 Å². The summed E-state index contributed by atoms with van der Waals surface area (Å²) in [5, 5.41) is 3.51. The fraction of sp³-hybridized carbons (Fsp3) is 0.619. The Morgan fingerprint density at radius 2 is 2.07 bits per heavy atom. The van der Waals surface area contributed by atoms with Gasteiger partial charge in [-0.15, -0.1) is 0 Å². The predicted molar refractivity (Wildman–Crippen MR) is 108 cm³/mol. The first kappa shape index (κ1) is 19.7. The number of hydrogen-bond acceptors (Lipinski definition) is 3. The third-order valence-corrected chi connectivity index (χ3v) is 5.39. The first-order chi connectivity index (χ1) is 13.1. The van der Waals surface area contributed by atoms with E-state index in [0.717, 1.165) is 58.1 Å². The summed E-state index contributed by atoms with van der Waals surface area (Å²) in [7, 11) is 3.54. The quantitative estimate of drug-likeness (QED) is 0.609. The van der Waals surface area contributed by atoms with Crippen molar-refractivity contribution in [2.24, 2.45) is 16.8 Å². The molecule has 0 bridgehead atoms. The SMILES string of the molecule is CN(C)C(=O)CN=C(NCC1CCOC1)N1CCC(Cc2ccccc2)C1. The van der Waals surface area contributed by atoms with Crippen LogP contribution in [0.25, 0.3) is 0 Å². The van der Waals surface area contributed by atoms with E-state index in [-0.39, 0.29) is 12.5 Å². The number of ether oxygens (including phenoxy) is 1. The molecule has 0 spiro atoms. The second kappa shape index (κ2) is 9.74. The Morgan fingerprint density at radius 3 is 2.78 bits per heavy atom. The number of carbonyl (C=O) groups excluding carboxylic acids is 1. The van der Waals surface area contributed by atoms with Crippen LogP contribution in [-0.2, 0) is 16.0 Å². The maximum absolute atomic E-state index is 12.0.